The number of methoxy groups -OCH3 is 1. The first-order chi connectivity index (χ1) is 6.35. The predicted octanol–water partition coefficient (Wildman–Crippen LogP) is 0.989. The van der Waals surface area contributed by atoms with Crippen LogP contribution >= 0.6 is 0 Å². The lowest BCUT2D eigenvalue weighted by Crippen LogP contribution is -2.21. The van der Waals surface area contributed by atoms with E-state index in [-0.39, 0.29) is 0 Å². The lowest BCUT2D eigenvalue weighted by atomic mass is 10.2. The summed E-state index contributed by atoms with van der Waals surface area (Å²) in [6, 6.07) is 0. The predicted molar refractivity (Wildman–Crippen MR) is 48.1 cm³/mol. The van der Waals surface area contributed by atoms with Crippen LogP contribution in [-0.2, 0) is 24.1 Å². The smallest absolute Gasteiger partial charge is 0.366 e. The van der Waals surface area contributed by atoms with Gasteiger partial charge in [0.2, 0.25) is 0 Å². The van der Waals surface area contributed by atoms with Gasteiger partial charge >= 0.3 is 11.9 Å². The zero-order chi connectivity index (χ0) is 11.2. The molecule has 5 heteroatoms. The zero-order valence-corrected chi connectivity index (χ0v) is 8.70. The number of carbonyl (C=O) groups is 2. The fourth-order valence-corrected chi connectivity index (χ4v) is 0.398. The van der Waals surface area contributed by atoms with Crippen molar-refractivity contribution in [3.05, 3.63) is 12.2 Å². The second kappa shape index (κ2) is 5.39. The molecule has 0 rings (SSSR count). The van der Waals surface area contributed by atoms with Crippen molar-refractivity contribution in [1.82, 2.24) is 0 Å². The van der Waals surface area contributed by atoms with Gasteiger partial charge < -0.3 is 4.74 Å². The van der Waals surface area contributed by atoms with E-state index in [0.29, 0.717) is 0 Å². The summed E-state index contributed by atoms with van der Waals surface area (Å²) in [5.74, 6) is -1.39. The van der Waals surface area contributed by atoms with E-state index >= 15 is 0 Å². The first-order valence-corrected chi connectivity index (χ1v) is 4.01. The first kappa shape index (κ1) is 12.6. The molecule has 80 valence electrons. The highest BCUT2D eigenvalue weighted by molar-refractivity contribution is 5.91. The molecule has 0 aromatic rings. The van der Waals surface area contributed by atoms with Gasteiger partial charge in [-0.15, -0.1) is 0 Å². The van der Waals surface area contributed by atoms with Crippen LogP contribution in [0.1, 0.15) is 20.8 Å². The van der Waals surface area contributed by atoms with Crippen molar-refractivity contribution in [2.45, 2.75) is 26.4 Å². The fourth-order valence-electron chi connectivity index (χ4n) is 0.398. The van der Waals surface area contributed by atoms with E-state index in [1.165, 1.54) is 7.11 Å². The van der Waals surface area contributed by atoms with Gasteiger partial charge in [-0.3, -0.25) is 4.89 Å². The maximum atomic E-state index is 10.9. The van der Waals surface area contributed by atoms with Gasteiger partial charge in [0.15, 0.2) is 0 Å². The summed E-state index contributed by atoms with van der Waals surface area (Å²) < 4.78 is 4.27. The Morgan fingerprint density at radius 3 is 2.00 bits per heavy atom. The molecule has 0 saturated carbocycles. The van der Waals surface area contributed by atoms with Gasteiger partial charge in [-0.2, -0.15) is 4.89 Å². The Hall–Kier alpha value is -1.36. The lowest BCUT2D eigenvalue weighted by Gasteiger charge is -2.15. The van der Waals surface area contributed by atoms with E-state index in [4.69, 9.17) is 4.89 Å². The quantitative estimate of drug-likeness (QED) is 0.295. The Labute approximate surface area is 82.6 Å². The molecule has 0 heterocycles. The van der Waals surface area contributed by atoms with E-state index in [1.54, 1.807) is 20.8 Å². The number of hydrogen-bond donors (Lipinski definition) is 0. The normalized spacial score (nSPS) is 11.4. The molecule has 0 bridgehead atoms. The van der Waals surface area contributed by atoms with Crippen molar-refractivity contribution in [3.63, 3.8) is 0 Å². The molecule has 0 aliphatic heterocycles. The van der Waals surface area contributed by atoms with E-state index < -0.39 is 17.5 Å². The van der Waals surface area contributed by atoms with Gasteiger partial charge in [0.1, 0.15) is 5.60 Å². The average Bonchev–Trinajstić information content (AvgIpc) is 2.09. The third-order valence-electron chi connectivity index (χ3n) is 0.930. The highest BCUT2D eigenvalue weighted by atomic mass is 17.2. The third-order valence-corrected chi connectivity index (χ3v) is 0.930. The SMILES string of the molecule is COC(=O)/C=C/C(=O)OOC(C)(C)C. The zero-order valence-electron chi connectivity index (χ0n) is 8.70. The molecule has 0 aromatic heterocycles. The molecule has 0 unspecified atom stereocenters. The van der Waals surface area contributed by atoms with Crippen LogP contribution < -0.4 is 0 Å². The fraction of sp³-hybridized carbons (Fsp3) is 0.556. The van der Waals surface area contributed by atoms with Crippen molar-refractivity contribution < 1.29 is 24.1 Å². The molecule has 0 amide bonds. The second-order valence-electron chi connectivity index (χ2n) is 3.45. The van der Waals surface area contributed by atoms with Crippen LogP contribution in [0.5, 0.6) is 0 Å². The van der Waals surface area contributed by atoms with Gasteiger partial charge in [0, 0.05) is 12.2 Å². The van der Waals surface area contributed by atoms with Crippen LogP contribution in [0.15, 0.2) is 12.2 Å². The van der Waals surface area contributed by atoms with Gasteiger partial charge in [-0.05, 0) is 20.8 Å². The van der Waals surface area contributed by atoms with Gasteiger partial charge in [0.25, 0.3) is 0 Å². The molecule has 0 radical (unpaired) electrons. The minimum Gasteiger partial charge on any atom is -0.466 e. The topological polar surface area (TPSA) is 61.8 Å². The highest BCUT2D eigenvalue weighted by Gasteiger charge is 2.13. The summed E-state index contributed by atoms with van der Waals surface area (Å²) in [6.45, 7) is 5.18. The molecule has 0 aliphatic rings. The lowest BCUT2D eigenvalue weighted by molar-refractivity contribution is -0.316. The molecule has 5 nitrogen and oxygen atoms in total. The maximum absolute atomic E-state index is 10.9. The Morgan fingerprint density at radius 2 is 1.57 bits per heavy atom. The van der Waals surface area contributed by atoms with E-state index in [2.05, 4.69) is 9.62 Å². The van der Waals surface area contributed by atoms with Crippen LogP contribution in [0.2, 0.25) is 0 Å². The molecule has 0 aliphatic carbocycles. The number of rotatable bonds is 3. The Bertz CT molecular complexity index is 236. The monoisotopic (exact) mass is 202 g/mol. The van der Waals surface area contributed by atoms with Gasteiger partial charge in [-0.25, -0.2) is 9.59 Å². The van der Waals surface area contributed by atoms with Crippen molar-refractivity contribution in [3.8, 4) is 0 Å². The summed E-state index contributed by atoms with van der Waals surface area (Å²) in [6.07, 6.45) is 1.88. The molecule has 0 atom stereocenters. The Morgan fingerprint density at radius 1 is 1.07 bits per heavy atom. The minimum absolute atomic E-state index is 0.575. The number of carbonyl (C=O) groups excluding carboxylic acids is 2. The van der Waals surface area contributed by atoms with E-state index in [1.807, 2.05) is 0 Å². The summed E-state index contributed by atoms with van der Waals surface area (Å²) in [4.78, 5) is 30.5. The van der Waals surface area contributed by atoms with Crippen LogP contribution in [0, 0.1) is 0 Å². The number of esters is 1. The average molecular weight is 202 g/mol. The molecule has 14 heavy (non-hydrogen) atoms. The standard InChI is InChI=1S/C9H14O5/c1-9(2,3)14-13-8(11)6-5-7(10)12-4/h5-6H,1-4H3/b6-5+. The number of hydrogen-bond acceptors (Lipinski definition) is 5. The highest BCUT2D eigenvalue weighted by Crippen LogP contribution is 2.06. The summed E-state index contributed by atoms with van der Waals surface area (Å²) in [7, 11) is 1.21. The molecular formula is C9H14O5. The van der Waals surface area contributed by atoms with E-state index in [9.17, 15) is 9.59 Å². The van der Waals surface area contributed by atoms with Crippen LogP contribution in [0.4, 0.5) is 0 Å². The molecule has 0 aromatic carbocycles. The van der Waals surface area contributed by atoms with E-state index in [0.717, 1.165) is 12.2 Å². The van der Waals surface area contributed by atoms with Crippen LogP contribution in [0.25, 0.3) is 0 Å². The Kier molecular flexibility index (Phi) is 4.86. The van der Waals surface area contributed by atoms with Crippen molar-refractivity contribution in [1.29, 1.82) is 0 Å². The first-order valence-electron chi connectivity index (χ1n) is 4.01. The van der Waals surface area contributed by atoms with Crippen molar-refractivity contribution in [2.75, 3.05) is 7.11 Å². The Balaban J connectivity index is 3.88. The summed E-state index contributed by atoms with van der Waals surface area (Å²) in [5, 5.41) is 0. The van der Waals surface area contributed by atoms with Gasteiger partial charge in [0.05, 0.1) is 7.11 Å². The molecule has 0 N–H and O–H groups in total. The largest absolute Gasteiger partial charge is 0.466 e. The van der Waals surface area contributed by atoms with Crippen LogP contribution in [-0.4, -0.2) is 24.6 Å². The second-order valence-corrected chi connectivity index (χ2v) is 3.45. The van der Waals surface area contributed by atoms with Gasteiger partial charge in [-0.1, -0.05) is 0 Å². The maximum Gasteiger partial charge on any atom is 0.366 e. The molecular weight excluding hydrogens is 188 g/mol. The van der Waals surface area contributed by atoms with Crippen molar-refractivity contribution >= 4 is 11.9 Å². The van der Waals surface area contributed by atoms with Crippen LogP contribution in [0.3, 0.4) is 0 Å². The van der Waals surface area contributed by atoms with Crippen molar-refractivity contribution in [2.24, 2.45) is 0 Å². The number of ether oxygens (including phenoxy) is 1. The third kappa shape index (κ3) is 7.30. The molecule has 0 spiro atoms. The minimum atomic E-state index is -0.759. The summed E-state index contributed by atoms with van der Waals surface area (Å²) >= 11 is 0. The molecule has 0 saturated heterocycles. The molecule has 0 fully saturated rings. The summed E-state index contributed by atoms with van der Waals surface area (Å²) in [5.41, 5.74) is -0.575.